The fourth-order valence-electron chi connectivity index (χ4n) is 2.62. The number of imidazole rings is 1. The van der Waals surface area contributed by atoms with Crippen molar-refractivity contribution in [1.29, 1.82) is 0 Å². The quantitative estimate of drug-likeness (QED) is 0.861. The largest absolute Gasteiger partial charge is 0.497 e. The van der Waals surface area contributed by atoms with Crippen molar-refractivity contribution in [3.63, 3.8) is 0 Å². The summed E-state index contributed by atoms with van der Waals surface area (Å²) in [5.41, 5.74) is 1.13. The van der Waals surface area contributed by atoms with Crippen LogP contribution in [0.4, 0.5) is 0 Å². The first-order chi connectivity index (χ1) is 10.3. The second kappa shape index (κ2) is 5.99. The molecule has 0 unspecified atom stereocenters. The van der Waals surface area contributed by atoms with Gasteiger partial charge in [0.1, 0.15) is 11.6 Å². The van der Waals surface area contributed by atoms with Crippen molar-refractivity contribution in [3.8, 4) is 5.75 Å². The number of rotatable bonds is 4. The topological polar surface area (TPSA) is 47.4 Å². The first-order valence-electron chi connectivity index (χ1n) is 7.17. The molecule has 0 radical (unpaired) electrons. The molecule has 0 saturated carbocycles. The van der Waals surface area contributed by atoms with Crippen LogP contribution in [0.15, 0.2) is 36.7 Å². The molecule has 1 aliphatic heterocycles. The second-order valence-electron chi connectivity index (χ2n) is 5.20. The Hall–Kier alpha value is -2.30. The van der Waals surface area contributed by atoms with E-state index in [1.165, 1.54) is 0 Å². The van der Waals surface area contributed by atoms with Gasteiger partial charge in [-0.15, -0.1) is 0 Å². The minimum Gasteiger partial charge on any atom is -0.497 e. The molecule has 1 aliphatic rings. The summed E-state index contributed by atoms with van der Waals surface area (Å²) in [4.78, 5) is 18.5. The van der Waals surface area contributed by atoms with Gasteiger partial charge in [-0.1, -0.05) is 12.1 Å². The average molecular weight is 285 g/mol. The molecule has 0 bridgehead atoms. The molecule has 21 heavy (non-hydrogen) atoms. The van der Waals surface area contributed by atoms with E-state index in [0.29, 0.717) is 13.0 Å². The highest BCUT2D eigenvalue weighted by Crippen LogP contribution is 2.16. The summed E-state index contributed by atoms with van der Waals surface area (Å²) < 4.78 is 7.30. The molecule has 1 aromatic heterocycles. The summed E-state index contributed by atoms with van der Waals surface area (Å²) in [7, 11) is 1.65. The van der Waals surface area contributed by atoms with Gasteiger partial charge < -0.3 is 14.2 Å². The second-order valence-corrected chi connectivity index (χ2v) is 5.20. The molecule has 0 N–H and O–H groups in total. The minimum absolute atomic E-state index is 0.187. The van der Waals surface area contributed by atoms with Crippen LogP contribution in [-0.2, 0) is 24.3 Å². The molecule has 1 aromatic carbocycles. The minimum atomic E-state index is 0.187. The highest BCUT2D eigenvalue weighted by molar-refractivity contribution is 5.76. The molecule has 0 saturated heterocycles. The maximum absolute atomic E-state index is 12.3. The Labute approximate surface area is 124 Å². The zero-order valence-electron chi connectivity index (χ0n) is 12.2. The van der Waals surface area contributed by atoms with Crippen molar-refractivity contribution >= 4 is 5.91 Å². The van der Waals surface area contributed by atoms with Gasteiger partial charge in [-0.2, -0.15) is 0 Å². The number of aryl methyl sites for hydroxylation is 1. The highest BCUT2D eigenvalue weighted by Gasteiger charge is 2.20. The van der Waals surface area contributed by atoms with Crippen LogP contribution < -0.4 is 4.74 Å². The zero-order valence-corrected chi connectivity index (χ0v) is 12.2. The average Bonchev–Trinajstić information content (AvgIpc) is 3.00. The van der Waals surface area contributed by atoms with Gasteiger partial charge in [-0.25, -0.2) is 4.98 Å². The van der Waals surface area contributed by atoms with E-state index in [-0.39, 0.29) is 5.91 Å². The number of hydrogen-bond acceptors (Lipinski definition) is 3. The third-order valence-electron chi connectivity index (χ3n) is 3.86. The van der Waals surface area contributed by atoms with Crippen LogP contribution in [0.3, 0.4) is 0 Å². The fraction of sp³-hybridized carbons (Fsp3) is 0.375. The van der Waals surface area contributed by atoms with E-state index < -0.39 is 0 Å². The van der Waals surface area contributed by atoms with Crippen molar-refractivity contribution in [2.75, 3.05) is 13.7 Å². The molecule has 5 heteroatoms. The number of hydrogen-bond donors (Lipinski definition) is 0. The highest BCUT2D eigenvalue weighted by atomic mass is 16.5. The monoisotopic (exact) mass is 285 g/mol. The molecule has 110 valence electrons. The van der Waals surface area contributed by atoms with Gasteiger partial charge in [0, 0.05) is 31.9 Å². The molecule has 0 fully saturated rings. The summed E-state index contributed by atoms with van der Waals surface area (Å²) in [6, 6.07) is 7.88. The van der Waals surface area contributed by atoms with E-state index in [9.17, 15) is 4.79 Å². The summed E-state index contributed by atoms with van der Waals surface area (Å²) >= 11 is 0. The van der Waals surface area contributed by atoms with Gasteiger partial charge >= 0.3 is 0 Å². The number of ether oxygens (including phenoxy) is 1. The number of benzene rings is 1. The smallest absolute Gasteiger partial charge is 0.223 e. The third kappa shape index (κ3) is 3.07. The van der Waals surface area contributed by atoms with Gasteiger partial charge in [-0.05, 0) is 24.1 Å². The number of nitrogens with zero attached hydrogens (tertiary/aromatic N) is 3. The lowest BCUT2D eigenvalue weighted by Gasteiger charge is -2.27. The van der Waals surface area contributed by atoms with Crippen molar-refractivity contribution < 1.29 is 9.53 Å². The van der Waals surface area contributed by atoms with Crippen molar-refractivity contribution in [3.05, 3.63) is 48.0 Å². The number of carbonyl (C=O) groups excluding carboxylic acids is 1. The standard InChI is InChI=1S/C16H19N3O2/c1-21-14-4-2-3-13(11-14)5-6-16(20)19-10-9-18-8-7-17-15(18)12-19/h2-4,7-8,11H,5-6,9-10,12H2,1H3. The van der Waals surface area contributed by atoms with Gasteiger partial charge in [0.2, 0.25) is 5.91 Å². The van der Waals surface area contributed by atoms with Crippen LogP contribution in [0, 0.1) is 0 Å². The van der Waals surface area contributed by atoms with E-state index in [4.69, 9.17) is 4.74 Å². The molecule has 0 spiro atoms. The molecule has 5 nitrogen and oxygen atoms in total. The lowest BCUT2D eigenvalue weighted by Crippen LogP contribution is -2.38. The Kier molecular flexibility index (Phi) is 3.90. The first-order valence-corrected chi connectivity index (χ1v) is 7.17. The molecule has 0 aliphatic carbocycles. The maximum atomic E-state index is 12.3. The predicted octanol–water partition coefficient (Wildman–Crippen LogP) is 1.87. The molecule has 0 atom stereocenters. The summed E-state index contributed by atoms with van der Waals surface area (Å²) in [5, 5.41) is 0. The van der Waals surface area contributed by atoms with E-state index >= 15 is 0 Å². The Morgan fingerprint density at radius 2 is 2.29 bits per heavy atom. The third-order valence-corrected chi connectivity index (χ3v) is 3.86. The van der Waals surface area contributed by atoms with Gasteiger partial charge in [-0.3, -0.25) is 4.79 Å². The number of fused-ring (bicyclic) bond motifs is 1. The van der Waals surface area contributed by atoms with E-state index in [1.807, 2.05) is 35.4 Å². The summed E-state index contributed by atoms with van der Waals surface area (Å²) in [6.07, 6.45) is 5.02. The van der Waals surface area contributed by atoms with Crippen LogP contribution in [0.25, 0.3) is 0 Å². The van der Waals surface area contributed by atoms with E-state index in [0.717, 1.165) is 36.6 Å². The lowest BCUT2D eigenvalue weighted by atomic mass is 10.1. The van der Waals surface area contributed by atoms with E-state index in [1.54, 1.807) is 13.3 Å². The van der Waals surface area contributed by atoms with Crippen molar-refractivity contribution in [2.24, 2.45) is 0 Å². The van der Waals surface area contributed by atoms with Gasteiger partial charge in [0.05, 0.1) is 13.7 Å². The molecular weight excluding hydrogens is 266 g/mol. The van der Waals surface area contributed by atoms with Crippen LogP contribution >= 0.6 is 0 Å². The summed E-state index contributed by atoms with van der Waals surface area (Å²) in [5.74, 6) is 1.99. The van der Waals surface area contributed by atoms with Crippen molar-refractivity contribution in [2.45, 2.75) is 25.9 Å². The zero-order chi connectivity index (χ0) is 14.7. The Morgan fingerprint density at radius 1 is 1.38 bits per heavy atom. The Balaban J connectivity index is 1.57. The molecule has 2 aromatic rings. The Bertz CT molecular complexity index is 636. The van der Waals surface area contributed by atoms with E-state index in [2.05, 4.69) is 9.55 Å². The van der Waals surface area contributed by atoms with Crippen LogP contribution in [0.5, 0.6) is 5.75 Å². The number of aromatic nitrogens is 2. The van der Waals surface area contributed by atoms with Gasteiger partial charge in [0.15, 0.2) is 0 Å². The molecule has 2 heterocycles. The van der Waals surface area contributed by atoms with Gasteiger partial charge in [0.25, 0.3) is 0 Å². The fourth-order valence-corrected chi connectivity index (χ4v) is 2.62. The maximum Gasteiger partial charge on any atom is 0.223 e. The molecular formula is C16H19N3O2. The normalized spacial score (nSPS) is 13.9. The Morgan fingerprint density at radius 3 is 3.14 bits per heavy atom. The van der Waals surface area contributed by atoms with Crippen molar-refractivity contribution in [1.82, 2.24) is 14.5 Å². The first kappa shape index (κ1) is 13.7. The van der Waals surface area contributed by atoms with Crippen LogP contribution in [0.2, 0.25) is 0 Å². The molecule has 1 amide bonds. The summed E-state index contributed by atoms with van der Waals surface area (Å²) in [6.45, 7) is 2.21. The molecule has 3 rings (SSSR count). The van der Waals surface area contributed by atoms with Crippen LogP contribution in [-0.4, -0.2) is 34.0 Å². The predicted molar refractivity (Wildman–Crippen MR) is 79.0 cm³/mol. The number of methoxy groups -OCH3 is 1. The van der Waals surface area contributed by atoms with Crippen LogP contribution in [0.1, 0.15) is 17.8 Å². The number of carbonyl (C=O) groups is 1. The number of amides is 1. The SMILES string of the molecule is COc1cccc(CCC(=O)N2CCn3ccnc3C2)c1. The lowest BCUT2D eigenvalue weighted by molar-refractivity contribution is -0.132.